The van der Waals surface area contributed by atoms with Gasteiger partial charge in [-0.25, -0.2) is 0 Å². The van der Waals surface area contributed by atoms with E-state index < -0.39 is 0 Å². The molecule has 0 aliphatic carbocycles. The monoisotopic (exact) mass is 226 g/mol. The van der Waals surface area contributed by atoms with E-state index in [2.05, 4.69) is 29.7 Å². The first-order chi connectivity index (χ1) is 7.26. The van der Waals surface area contributed by atoms with Gasteiger partial charge in [0.15, 0.2) is 0 Å². The lowest BCUT2D eigenvalue weighted by Crippen LogP contribution is -2.33. The van der Waals surface area contributed by atoms with Crippen LogP contribution in [0.2, 0.25) is 0 Å². The minimum Gasteiger partial charge on any atom is -0.350 e. The predicted molar refractivity (Wildman–Crippen MR) is 64.1 cm³/mol. The molecule has 0 aromatic carbocycles. The molecule has 4 heteroatoms. The van der Waals surface area contributed by atoms with Crippen LogP contribution >= 0.6 is 11.3 Å². The molecule has 15 heavy (non-hydrogen) atoms. The van der Waals surface area contributed by atoms with Crippen LogP contribution in [0.15, 0.2) is 12.1 Å². The maximum atomic E-state index is 11.3. The second-order valence-electron chi connectivity index (χ2n) is 3.28. The highest BCUT2D eigenvalue weighted by atomic mass is 32.1. The lowest BCUT2D eigenvalue weighted by Gasteiger charge is -2.03. The van der Waals surface area contributed by atoms with Crippen LogP contribution in [0, 0.1) is 0 Å². The molecule has 0 saturated carbocycles. The van der Waals surface area contributed by atoms with Crippen molar-refractivity contribution in [2.24, 2.45) is 0 Å². The number of carbonyl (C=O) groups is 1. The molecule has 3 nitrogen and oxygen atoms in total. The number of aryl methyl sites for hydroxylation is 1. The van der Waals surface area contributed by atoms with Crippen molar-refractivity contribution in [1.29, 1.82) is 0 Å². The van der Waals surface area contributed by atoms with Gasteiger partial charge in [0.25, 0.3) is 0 Å². The van der Waals surface area contributed by atoms with Crippen LogP contribution in [0.1, 0.15) is 23.6 Å². The fourth-order valence-electron chi connectivity index (χ4n) is 1.19. The van der Waals surface area contributed by atoms with Gasteiger partial charge in [-0.05, 0) is 25.1 Å². The van der Waals surface area contributed by atoms with Crippen molar-refractivity contribution in [3.05, 3.63) is 21.9 Å². The minimum absolute atomic E-state index is 0.0586. The Morgan fingerprint density at radius 1 is 1.33 bits per heavy atom. The van der Waals surface area contributed by atoms with Gasteiger partial charge in [-0.3, -0.25) is 4.79 Å². The van der Waals surface area contributed by atoms with Crippen LogP contribution in [0.3, 0.4) is 0 Å². The summed E-state index contributed by atoms with van der Waals surface area (Å²) in [7, 11) is 0. The minimum atomic E-state index is 0.0586. The predicted octanol–water partition coefficient (Wildman–Crippen LogP) is 1.54. The fraction of sp³-hybridized carbons (Fsp3) is 0.545. The van der Waals surface area contributed by atoms with E-state index >= 15 is 0 Å². The van der Waals surface area contributed by atoms with E-state index in [0.717, 1.165) is 13.0 Å². The SMILES string of the molecule is CCNCC(=O)NCc1ccc(CC)s1. The number of amides is 1. The lowest BCUT2D eigenvalue weighted by atomic mass is 10.3. The number of carbonyl (C=O) groups excluding carboxylic acids is 1. The Morgan fingerprint density at radius 2 is 2.07 bits per heavy atom. The zero-order chi connectivity index (χ0) is 11.1. The molecule has 0 unspecified atom stereocenters. The number of thiophene rings is 1. The highest BCUT2D eigenvalue weighted by molar-refractivity contribution is 7.11. The largest absolute Gasteiger partial charge is 0.350 e. The van der Waals surface area contributed by atoms with Crippen molar-refractivity contribution >= 4 is 17.2 Å². The maximum Gasteiger partial charge on any atom is 0.234 e. The summed E-state index contributed by atoms with van der Waals surface area (Å²) in [6.45, 7) is 6.00. The molecular weight excluding hydrogens is 208 g/mol. The van der Waals surface area contributed by atoms with E-state index in [-0.39, 0.29) is 5.91 Å². The van der Waals surface area contributed by atoms with Gasteiger partial charge in [-0.1, -0.05) is 13.8 Å². The average Bonchev–Trinajstić information content (AvgIpc) is 2.71. The number of rotatable bonds is 6. The first kappa shape index (κ1) is 12.2. The van der Waals surface area contributed by atoms with E-state index in [1.54, 1.807) is 11.3 Å². The molecule has 0 fully saturated rings. The van der Waals surface area contributed by atoms with Gasteiger partial charge in [0.1, 0.15) is 0 Å². The normalized spacial score (nSPS) is 10.3. The molecule has 0 atom stereocenters. The third kappa shape index (κ3) is 4.44. The number of hydrogen-bond acceptors (Lipinski definition) is 3. The van der Waals surface area contributed by atoms with Crippen molar-refractivity contribution < 1.29 is 4.79 Å². The van der Waals surface area contributed by atoms with Crippen LogP contribution in [0.25, 0.3) is 0 Å². The van der Waals surface area contributed by atoms with Crippen LogP contribution in [0.5, 0.6) is 0 Å². The summed E-state index contributed by atoms with van der Waals surface area (Å²) < 4.78 is 0. The molecule has 1 heterocycles. The molecule has 1 aromatic rings. The first-order valence-electron chi connectivity index (χ1n) is 5.31. The van der Waals surface area contributed by atoms with Gasteiger partial charge in [-0.2, -0.15) is 0 Å². The summed E-state index contributed by atoms with van der Waals surface area (Å²) in [5, 5.41) is 5.87. The van der Waals surface area contributed by atoms with Gasteiger partial charge >= 0.3 is 0 Å². The van der Waals surface area contributed by atoms with E-state index in [4.69, 9.17) is 0 Å². The van der Waals surface area contributed by atoms with Crippen molar-refractivity contribution in [3.63, 3.8) is 0 Å². The summed E-state index contributed by atoms with van der Waals surface area (Å²) in [5.74, 6) is 0.0586. The summed E-state index contributed by atoms with van der Waals surface area (Å²) in [4.78, 5) is 13.9. The fourth-order valence-corrected chi connectivity index (χ4v) is 2.09. The molecule has 0 bridgehead atoms. The van der Waals surface area contributed by atoms with E-state index in [1.807, 2.05) is 6.92 Å². The Bertz CT molecular complexity index is 309. The number of nitrogens with one attached hydrogen (secondary N) is 2. The van der Waals surface area contributed by atoms with Gasteiger partial charge < -0.3 is 10.6 Å². The van der Waals surface area contributed by atoms with Gasteiger partial charge in [0.05, 0.1) is 13.1 Å². The van der Waals surface area contributed by atoms with E-state index in [0.29, 0.717) is 13.1 Å². The molecule has 0 aliphatic rings. The molecule has 1 aromatic heterocycles. The second-order valence-corrected chi connectivity index (χ2v) is 4.53. The molecule has 1 amide bonds. The van der Waals surface area contributed by atoms with Gasteiger partial charge in [0, 0.05) is 9.75 Å². The first-order valence-corrected chi connectivity index (χ1v) is 6.13. The van der Waals surface area contributed by atoms with Gasteiger partial charge in [-0.15, -0.1) is 11.3 Å². The number of likely N-dealkylation sites (N-methyl/N-ethyl adjacent to an activating group) is 1. The highest BCUT2D eigenvalue weighted by Crippen LogP contribution is 2.16. The van der Waals surface area contributed by atoms with Crippen molar-refractivity contribution in [3.8, 4) is 0 Å². The smallest absolute Gasteiger partial charge is 0.234 e. The Balaban J connectivity index is 2.27. The second kappa shape index (κ2) is 6.58. The Morgan fingerprint density at radius 3 is 2.67 bits per heavy atom. The van der Waals surface area contributed by atoms with Crippen LogP contribution in [0.4, 0.5) is 0 Å². The van der Waals surface area contributed by atoms with Crippen molar-refractivity contribution in [1.82, 2.24) is 10.6 Å². The third-order valence-corrected chi connectivity index (χ3v) is 3.29. The van der Waals surface area contributed by atoms with E-state index in [9.17, 15) is 4.79 Å². The van der Waals surface area contributed by atoms with Crippen molar-refractivity contribution in [2.45, 2.75) is 26.8 Å². The number of hydrogen-bond donors (Lipinski definition) is 2. The standard InChI is InChI=1S/C11H18N2OS/c1-3-9-5-6-10(15-9)7-13-11(14)8-12-4-2/h5-6,12H,3-4,7-8H2,1-2H3,(H,13,14). The molecule has 84 valence electrons. The summed E-state index contributed by atoms with van der Waals surface area (Å²) in [6.07, 6.45) is 1.07. The molecule has 2 N–H and O–H groups in total. The van der Waals surface area contributed by atoms with Crippen LogP contribution in [-0.4, -0.2) is 19.0 Å². The third-order valence-electron chi connectivity index (χ3n) is 2.06. The maximum absolute atomic E-state index is 11.3. The van der Waals surface area contributed by atoms with Crippen LogP contribution in [-0.2, 0) is 17.8 Å². The Kier molecular flexibility index (Phi) is 5.36. The molecule has 0 radical (unpaired) electrons. The molecule has 0 aliphatic heterocycles. The Labute approximate surface area is 94.9 Å². The van der Waals surface area contributed by atoms with Crippen molar-refractivity contribution in [2.75, 3.05) is 13.1 Å². The zero-order valence-corrected chi connectivity index (χ0v) is 10.1. The molecular formula is C11H18N2OS. The average molecular weight is 226 g/mol. The van der Waals surface area contributed by atoms with Crippen LogP contribution < -0.4 is 10.6 Å². The van der Waals surface area contributed by atoms with E-state index in [1.165, 1.54) is 9.75 Å². The van der Waals surface area contributed by atoms with Gasteiger partial charge in [0.2, 0.25) is 5.91 Å². The summed E-state index contributed by atoms with van der Waals surface area (Å²) in [5.41, 5.74) is 0. The molecule has 0 spiro atoms. The summed E-state index contributed by atoms with van der Waals surface area (Å²) in [6, 6.07) is 4.20. The zero-order valence-electron chi connectivity index (χ0n) is 9.30. The Hall–Kier alpha value is -0.870. The molecule has 1 rings (SSSR count). The summed E-state index contributed by atoms with van der Waals surface area (Å²) >= 11 is 1.76. The lowest BCUT2D eigenvalue weighted by molar-refractivity contribution is -0.120. The molecule has 0 saturated heterocycles. The highest BCUT2D eigenvalue weighted by Gasteiger charge is 2.01. The topological polar surface area (TPSA) is 41.1 Å². The quantitative estimate of drug-likeness (QED) is 0.772.